The van der Waals surface area contributed by atoms with Crippen molar-refractivity contribution in [3.63, 3.8) is 0 Å². The molecule has 7 nitrogen and oxygen atoms in total. The van der Waals surface area contributed by atoms with Crippen molar-refractivity contribution in [2.45, 2.75) is 106 Å². The third-order valence-corrected chi connectivity index (χ3v) is 13.1. The lowest BCUT2D eigenvalue weighted by atomic mass is 9.43. The molecule has 0 aromatic rings. The second-order valence-electron chi connectivity index (χ2n) is 14.5. The minimum Gasteiger partial charge on any atom is -0.462 e. The first-order chi connectivity index (χ1) is 19.1. The summed E-state index contributed by atoms with van der Waals surface area (Å²) in [5.74, 6) is -0.889. The molecule has 5 rings (SSSR count). The number of carbonyl (C=O) groups is 5. The van der Waals surface area contributed by atoms with Crippen molar-refractivity contribution >= 4 is 29.8 Å². The molecule has 5 aliphatic rings. The molecule has 5 aliphatic carbocycles. The first kappa shape index (κ1) is 29.9. The van der Waals surface area contributed by atoms with E-state index < -0.39 is 24.1 Å². The fourth-order valence-electron chi connectivity index (χ4n) is 10.9. The summed E-state index contributed by atoms with van der Waals surface area (Å²) < 4.78 is 11.8. The summed E-state index contributed by atoms with van der Waals surface area (Å²) in [6, 6.07) is 0. The molecule has 4 fully saturated rings. The van der Waals surface area contributed by atoms with Crippen LogP contribution in [0.25, 0.3) is 0 Å². The van der Waals surface area contributed by atoms with Gasteiger partial charge < -0.3 is 9.47 Å². The number of fused-ring (bicyclic) bond motifs is 2. The molecule has 4 saturated carbocycles. The predicted octanol–water partition coefficient (Wildman–Crippen LogP) is 5.59. The fraction of sp³-hybridized carbons (Fsp3) is 0.735. The van der Waals surface area contributed by atoms with Crippen LogP contribution in [0.3, 0.4) is 0 Å². The van der Waals surface area contributed by atoms with Crippen LogP contribution in [0, 0.1) is 51.2 Å². The Morgan fingerprint density at radius 1 is 1.02 bits per heavy atom. The highest BCUT2D eigenvalue weighted by Gasteiger charge is 2.81. The van der Waals surface area contributed by atoms with Gasteiger partial charge in [0.1, 0.15) is 12.4 Å². The minimum atomic E-state index is -1.09. The van der Waals surface area contributed by atoms with Crippen molar-refractivity contribution in [2.75, 3.05) is 0 Å². The van der Waals surface area contributed by atoms with Crippen LogP contribution in [-0.4, -0.2) is 42.0 Å². The SMILES string of the molecule is CC(=O)OC1CC2(C)C3CCC4C(C)C(=O)C=CC45CC35CCC2(C)C1C(C)C(OC(C)=O)C(=O)C(C)=C(C)C=O. The van der Waals surface area contributed by atoms with Crippen molar-refractivity contribution in [1.82, 2.24) is 0 Å². The van der Waals surface area contributed by atoms with Gasteiger partial charge in [0, 0.05) is 37.2 Å². The average molecular weight is 567 g/mol. The number of ketones is 2. The van der Waals surface area contributed by atoms with E-state index in [1.54, 1.807) is 13.8 Å². The van der Waals surface area contributed by atoms with Gasteiger partial charge in [0.05, 0.1) is 0 Å². The number of aldehydes is 1. The first-order valence-electron chi connectivity index (χ1n) is 15.3. The molecule has 224 valence electrons. The normalized spacial score (nSPS) is 44.2. The Bertz CT molecular complexity index is 1260. The third-order valence-electron chi connectivity index (χ3n) is 13.1. The molecule has 0 aromatic heterocycles. The Morgan fingerprint density at radius 2 is 1.71 bits per heavy atom. The summed E-state index contributed by atoms with van der Waals surface area (Å²) in [7, 11) is 0. The van der Waals surface area contributed by atoms with E-state index in [4.69, 9.17) is 9.47 Å². The van der Waals surface area contributed by atoms with Crippen LogP contribution in [-0.2, 0) is 33.4 Å². The number of carbonyl (C=O) groups excluding carboxylic acids is 5. The largest absolute Gasteiger partial charge is 0.462 e. The zero-order valence-electron chi connectivity index (χ0n) is 25.9. The van der Waals surface area contributed by atoms with Crippen molar-refractivity contribution in [1.29, 1.82) is 0 Å². The lowest BCUT2D eigenvalue weighted by Gasteiger charge is -2.61. The van der Waals surface area contributed by atoms with E-state index in [0.717, 1.165) is 32.1 Å². The second-order valence-corrected chi connectivity index (χ2v) is 14.5. The number of ether oxygens (including phenoxy) is 2. The van der Waals surface area contributed by atoms with Crippen molar-refractivity contribution in [3.05, 3.63) is 23.3 Å². The summed E-state index contributed by atoms with van der Waals surface area (Å²) in [5.41, 5.74) is 0.335. The van der Waals surface area contributed by atoms with E-state index >= 15 is 0 Å². The van der Waals surface area contributed by atoms with Crippen LogP contribution in [0.1, 0.15) is 93.9 Å². The van der Waals surface area contributed by atoms with Gasteiger partial charge in [-0.05, 0) is 97.5 Å². The van der Waals surface area contributed by atoms with Gasteiger partial charge >= 0.3 is 11.9 Å². The summed E-state index contributed by atoms with van der Waals surface area (Å²) in [4.78, 5) is 62.5. The maximum atomic E-state index is 13.7. The zero-order chi connectivity index (χ0) is 30.3. The van der Waals surface area contributed by atoms with E-state index in [9.17, 15) is 24.0 Å². The van der Waals surface area contributed by atoms with Gasteiger partial charge in [-0.1, -0.05) is 33.8 Å². The first-order valence-corrected chi connectivity index (χ1v) is 15.3. The van der Waals surface area contributed by atoms with Gasteiger partial charge in [0.25, 0.3) is 0 Å². The third kappa shape index (κ3) is 4.00. The van der Waals surface area contributed by atoms with E-state index in [-0.39, 0.29) is 56.6 Å². The highest BCUT2D eigenvalue weighted by Crippen LogP contribution is 2.87. The van der Waals surface area contributed by atoms with Gasteiger partial charge in [-0.3, -0.25) is 24.0 Å². The molecule has 0 amide bonds. The second kappa shape index (κ2) is 9.74. The van der Waals surface area contributed by atoms with Crippen LogP contribution in [0.15, 0.2) is 23.3 Å². The smallest absolute Gasteiger partial charge is 0.303 e. The topological polar surface area (TPSA) is 104 Å². The quantitative estimate of drug-likeness (QED) is 0.225. The van der Waals surface area contributed by atoms with E-state index in [2.05, 4.69) is 26.8 Å². The average Bonchev–Trinajstić information content (AvgIpc) is 3.52. The molecule has 0 saturated heterocycles. The lowest BCUT2D eigenvalue weighted by molar-refractivity contribution is -0.166. The highest BCUT2D eigenvalue weighted by atomic mass is 16.6. The number of hydrogen-bond donors (Lipinski definition) is 0. The Morgan fingerprint density at radius 3 is 2.32 bits per heavy atom. The molecule has 11 unspecified atom stereocenters. The van der Waals surface area contributed by atoms with Gasteiger partial charge in [0.2, 0.25) is 0 Å². The van der Waals surface area contributed by atoms with Crippen molar-refractivity contribution in [3.8, 4) is 0 Å². The molecule has 41 heavy (non-hydrogen) atoms. The van der Waals surface area contributed by atoms with E-state index in [1.165, 1.54) is 13.8 Å². The Labute approximate surface area is 243 Å². The zero-order valence-corrected chi connectivity index (χ0v) is 25.9. The Hall–Kier alpha value is -2.57. The molecule has 7 heteroatoms. The van der Waals surface area contributed by atoms with Crippen LogP contribution in [0.5, 0.6) is 0 Å². The standard InChI is InChI=1S/C34H46O7/c1-18(16-35)19(2)29(39)30(41-23(6)37)21(4)28-26(40-22(5)36)15-32(8)27-10-9-24-20(3)25(38)11-12-33(24)17-34(27,33)14-13-31(28,32)7/h11-12,16,20-21,24,26-28,30H,9-10,13-15,17H2,1-8H3. The fourth-order valence-corrected chi connectivity index (χ4v) is 10.9. The molecule has 0 aliphatic heterocycles. The maximum absolute atomic E-state index is 13.7. The summed E-state index contributed by atoms with van der Waals surface area (Å²) in [6.45, 7) is 14.6. The molecular formula is C34H46O7. The molecule has 0 N–H and O–H groups in total. The van der Waals surface area contributed by atoms with Crippen molar-refractivity contribution < 1.29 is 33.4 Å². The molecule has 0 radical (unpaired) electrons. The highest BCUT2D eigenvalue weighted by molar-refractivity contribution is 6.03. The van der Waals surface area contributed by atoms with Gasteiger partial charge in [-0.15, -0.1) is 0 Å². The van der Waals surface area contributed by atoms with Gasteiger partial charge in [-0.25, -0.2) is 0 Å². The lowest BCUT2D eigenvalue weighted by Crippen LogP contribution is -2.56. The molecule has 11 atom stereocenters. The summed E-state index contributed by atoms with van der Waals surface area (Å²) >= 11 is 0. The number of Topliss-reactive ketones (excluding diaryl/α,β-unsaturated/α-hetero) is 1. The molecular weight excluding hydrogens is 520 g/mol. The molecule has 0 heterocycles. The van der Waals surface area contributed by atoms with Crippen LogP contribution < -0.4 is 0 Å². The molecule has 0 aromatic carbocycles. The monoisotopic (exact) mass is 566 g/mol. The number of hydrogen-bond acceptors (Lipinski definition) is 7. The summed E-state index contributed by atoms with van der Waals surface area (Å²) in [6.07, 6.45) is 8.98. The van der Waals surface area contributed by atoms with Crippen LogP contribution in [0.2, 0.25) is 0 Å². The maximum Gasteiger partial charge on any atom is 0.303 e. The van der Waals surface area contributed by atoms with Gasteiger partial charge in [0.15, 0.2) is 17.7 Å². The number of allylic oxidation sites excluding steroid dienone is 3. The summed E-state index contributed by atoms with van der Waals surface area (Å²) in [5, 5.41) is 0. The Balaban J connectivity index is 1.56. The van der Waals surface area contributed by atoms with Gasteiger partial charge in [-0.2, -0.15) is 0 Å². The van der Waals surface area contributed by atoms with Crippen LogP contribution >= 0.6 is 0 Å². The molecule has 2 spiro atoms. The van der Waals surface area contributed by atoms with E-state index in [0.29, 0.717) is 30.1 Å². The Kier molecular flexibility index (Phi) is 7.10. The molecule has 0 bridgehead atoms. The predicted molar refractivity (Wildman–Crippen MR) is 152 cm³/mol. The number of esters is 2. The van der Waals surface area contributed by atoms with Crippen LogP contribution in [0.4, 0.5) is 0 Å². The minimum absolute atomic E-state index is 0.0493. The number of rotatable bonds is 7. The van der Waals surface area contributed by atoms with E-state index in [1.807, 2.05) is 13.0 Å². The van der Waals surface area contributed by atoms with Crippen molar-refractivity contribution in [2.24, 2.45) is 51.2 Å².